The molecule has 1 N–H and O–H groups in total. The molecule has 2 heteroatoms. The summed E-state index contributed by atoms with van der Waals surface area (Å²) in [5.41, 5.74) is 0. The van der Waals surface area contributed by atoms with Crippen molar-refractivity contribution in [2.45, 2.75) is 25.1 Å². The van der Waals surface area contributed by atoms with Gasteiger partial charge in [0, 0.05) is 12.0 Å². The van der Waals surface area contributed by atoms with E-state index in [-0.39, 0.29) is 6.04 Å². The largest absolute Gasteiger partial charge is 0.311 e. The number of fused-ring (bicyclic) bond motifs is 1. The average molecular weight is 115 g/mol. The van der Waals surface area contributed by atoms with Gasteiger partial charge < -0.3 is 5.32 Å². The first-order valence-corrected chi connectivity index (χ1v) is 3.27. The first-order chi connectivity index (χ1) is 3.89. The fraction of sp³-hybridized carbons (Fsp3) is 1.00. The van der Waals surface area contributed by atoms with E-state index in [1.54, 1.807) is 0 Å². The number of hydrogen-bond donors (Lipinski definition) is 1. The van der Waals surface area contributed by atoms with Gasteiger partial charge in [0.1, 0.15) is 6.17 Å². The zero-order chi connectivity index (χ0) is 5.56. The molecule has 8 heavy (non-hydrogen) atoms. The minimum Gasteiger partial charge on any atom is -0.311 e. The molecular formula is C6H10FN. The van der Waals surface area contributed by atoms with Crippen LogP contribution in [0, 0.1) is 5.92 Å². The first kappa shape index (κ1) is 4.74. The van der Waals surface area contributed by atoms with Crippen LogP contribution >= 0.6 is 0 Å². The minimum atomic E-state index is -0.502. The Bertz CT molecular complexity index is 92.7. The Morgan fingerprint density at radius 2 is 2.38 bits per heavy atom. The lowest BCUT2D eigenvalue weighted by Crippen LogP contribution is -2.24. The normalized spacial score (nSPS) is 52.9. The van der Waals surface area contributed by atoms with Crippen LogP contribution in [0.4, 0.5) is 4.39 Å². The summed E-state index contributed by atoms with van der Waals surface area (Å²) in [5, 5.41) is 3.13. The lowest BCUT2D eigenvalue weighted by atomic mass is 10.2. The molecule has 0 spiro atoms. The number of alkyl halides is 1. The van der Waals surface area contributed by atoms with E-state index in [4.69, 9.17) is 0 Å². The smallest absolute Gasteiger partial charge is 0.120 e. The van der Waals surface area contributed by atoms with E-state index in [1.165, 1.54) is 6.42 Å². The summed E-state index contributed by atoms with van der Waals surface area (Å²) in [5.74, 6) is 0.392. The number of nitrogens with one attached hydrogen (secondary N) is 1. The summed E-state index contributed by atoms with van der Waals surface area (Å²) in [7, 11) is 0. The zero-order valence-corrected chi connectivity index (χ0v) is 4.73. The third kappa shape index (κ3) is 0.494. The standard InChI is InChI=1S/C6H10FN/c7-5-4-2-1-3-8-6(4)5/h4-6,8H,1-3H2. The second-order valence-electron chi connectivity index (χ2n) is 2.73. The predicted octanol–water partition coefficient (Wildman–Crippen LogP) is 0.706. The third-order valence-electron chi connectivity index (χ3n) is 2.17. The average Bonchev–Trinajstić information content (AvgIpc) is 2.46. The van der Waals surface area contributed by atoms with Gasteiger partial charge in [0.05, 0.1) is 0 Å². The van der Waals surface area contributed by atoms with Gasteiger partial charge in [-0.1, -0.05) is 0 Å². The van der Waals surface area contributed by atoms with Crippen LogP contribution in [-0.4, -0.2) is 18.8 Å². The zero-order valence-electron chi connectivity index (χ0n) is 4.73. The SMILES string of the molecule is FC1C2CCCNC12. The maximum atomic E-state index is 12.4. The van der Waals surface area contributed by atoms with E-state index in [2.05, 4.69) is 5.32 Å². The van der Waals surface area contributed by atoms with Crippen molar-refractivity contribution in [2.24, 2.45) is 5.92 Å². The highest BCUT2D eigenvalue weighted by atomic mass is 19.1. The van der Waals surface area contributed by atoms with Gasteiger partial charge >= 0.3 is 0 Å². The first-order valence-electron chi connectivity index (χ1n) is 3.27. The molecule has 1 saturated heterocycles. The molecule has 1 heterocycles. The van der Waals surface area contributed by atoms with Gasteiger partial charge in [-0.2, -0.15) is 0 Å². The van der Waals surface area contributed by atoms with Crippen molar-refractivity contribution in [3.05, 3.63) is 0 Å². The van der Waals surface area contributed by atoms with Crippen molar-refractivity contribution in [1.29, 1.82) is 0 Å². The molecule has 1 nitrogen and oxygen atoms in total. The van der Waals surface area contributed by atoms with Crippen molar-refractivity contribution in [3.63, 3.8) is 0 Å². The molecule has 0 aromatic carbocycles. The number of halogens is 1. The fourth-order valence-corrected chi connectivity index (χ4v) is 1.54. The van der Waals surface area contributed by atoms with Crippen LogP contribution in [0.1, 0.15) is 12.8 Å². The molecule has 2 aliphatic rings. The molecule has 0 radical (unpaired) electrons. The Labute approximate surface area is 48.3 Å². The molecule has 2 fully saturated rings. The summed E-state index contributed by atoms with van der Waals surface area (Å²) in [6, 6.07) is 0.253. The second kappa shape index (κ2) is 1.44. The molecule has 46 valence electrons. The van der Waals surface area contributed by atoms with Gasteiger partial charge in [-0.15, -0.1) is 0 Å². The molecule has 2 rings (SSSR count). The van der Waals surface area contributed by atoms with E-state index >= 15 is 0 Å². The van der Waals surface area contributed by atoms with Crippen molar-refractivity contribution in [3.8, 4) is 0 Å². The van der Waals surface area contributed by atoms with E-state index in [9.17, 15) is 4.39 Å². The summed E-state index contributed by atoms with van der Waals surface area (Å²) >= 11 is 0. The van der Waals surface area contributed by atoms with Crippen LogP contribution in [0.25, 0.3) is 0 Å². The van der Waals surface area contributed by atoms with Crippen molar-refractivity contribution in [2.75, 3.05) is 6.54 Å². The summed E-state index contributed by atoms with van der Waals surface area (Å²) in [4.78, 5) is 0. The maximum Gasteiger partial charge on any atom is 0.120 e. The number of piperidine rings is 1. The topological polar surface area (TPSA) is 12.0 Å². The molecule has 1 saturated carbocycles. The van der Waals surface area contributed by atoms with E-state index in [0.29, 0.717) is 5.92 Å². The summed E-state index contributed by atoms with van der Waals surface area (Å²) < 4.78 is 12.4. The maximum absolute atomic E-state index is 12.4. The molecule has 0 aromatic heterocycles. The number of rotatable bonds is 0. The van der Waals surface area contributed by atoms with Crippen molar-refractivity contribution in [1.82, 2.24) is 5.32 Å². The molecule has 0 amide bonds. The monoisotopic (exact) mass is 115 g/mol. The van der Waals surface area contributed by atoms with Gasteiger partial charge in [-0.3, -0.25) is 0 Å². The van der Waals surface area contributed by atoms with Gasteiger partial charge in [-0.05, 0) is 19.4 Å². The lowest BCUT2D eigenvalue weighted by molar-refractivity contribution is 0.437. The highest BCUT2D eigenvalue weighted by molar-refractivity contribution is 5.06. The van der Waals surface area contributed by atoms with E-state index in [0.717, 1.165) is 13.0 Å². The van der Waals surface area contributed by atoms with E-state index < -0.39 is 6.17 Å². The Balaban J connectivity index is 1.97. The Morgan fingerprint density at radius 3 is 2.88 bits per heavy atom. The molecule has 1 aliphatic carbocycles. The molecule has 0 bridgehead atoms. The predicted molar refractivity (Wildman–Crippen MR) is 29.4 cm³/mol. The highest BCUT2D eigenvalue weighted by Gasteiger charge is 2.51. The summed E-state index contributed by atoms with van der Waals surface area (Å²) in [6.45, 7) is 1.03. The van der Waals surface area contributed by atoms with Crippen molar-refractivity contribution < 1.29 is 4.39 Å². The Morgan fingerprint density at radius 1 is 1.50 bits per heavy atom. The summed E-state index contributed by atoms with van der Waals surface area (Å²) in [6.07, 6.45) is 1.78. The Hall–Kier alpha value is -0.110. The van der Waals surface area contributed by atoms with Gasteiger partial charge in [0.25, 0.3) is 0 Å². The van der Waals surface area contributed by atoms with Gasteiger partial charge in [0.2, 0.25) is 0 Å². The fourth-order valence-electron chi connectivity index (χ4n) is 1.54. The number of hydrogen-bond acceptors (Lipinski definition) is 1. The molecular weight excluding hydrogens is 105 g/mol. The Kier molecular flexibility index (Phi) is 0.852. The van der Waals surface area contributed by atoms with E-state index in [1.807, 2.05) is 0 Å². The highest BCUT2D eigenvalue weighted by Crippen LogP contribution is 2.40. The quantitative estimate of drug-likeness (QED) is 0.490. The van der Waals surface area contributed by atoms with Crippen LogP contribution in [0.15, 0.2) is 0 Å². The minimum absolute atomic E-state index is 0.253. The lowest BCUT2D eigenvalue weighted by Gasteiger charge is -2.06. The molecule has 1 aliphatic heterocycles. The molecule has 3 unspecified atom stereocenters. The second-order valence-corrected chi connectivity index (χ2v) is 2.73. The molecule has 3 atom stereocenters. The van der Waals surface area contributed by atoms with Gasteiger partial charge in [0.15, 0.2) is 0 Å². The third-order valence-corrected chi connectivity index (χ3v) is 2.17. The molecule has 0 aromatic rings. The van der Waals surface area contributed by atoms with Gasteiger partial charge in [-0.25, -0.2) is 4.39 Å². The van der Waals surface area contributed by atoms with Crippen LogP contribution in [0.3, 0.4) is 0 Å². The van der Waals surface area contributed by atoms with Crippen molar-refractivity contribution >= 4 is 0 Å². The van der Waals surface area contributed by atoms with Crippen LogP contribution in [0.5, 0.6) is 0 Å². The van der Waals surface area contributed by atoms with Crippen LogP contribution in [-0.2, 0) is 0 Å². The van der Waals surface area contributed by atoms with Crippen LogP contribution in [0.2, 0.25) is 0 Å². The van der Waals surface area contributed by atoms with Crippen LogP contribution < -0.4 is 5.32 Å².